The topological polar surface area (TPSA) is 55.8 Å². The van der Waals surface area contributed by atoms with Crippen molar-refractivity contribution in [1.29, 1.82) is 0 Å². The van der Waals surface area contributed by atoms with Crippen LogP contribution in [0.3, 0.4) is 0 Å². The lowest BCUT2D eigenvalue weighted by atomic mass is 9.97. The molecule has 1 saturated heterocycles. The Morgan fingerprint density at radius 1 is 1.18 bits per heavy atom. The summed E-state index contributed by atoms with van der Waals surface area (Å²) in [6.07, 6.45) is 7.12. The molecule has 0 N–H and O–H groups in total. The molecule has 1 aromatic rings. The Morgan fingerprint density at radius 3 is 2.33 bits per heavy atom. The molecule has 0 radical (unpaired) electrons. The van der Waals surface area contributed by atoms with Gasteiger partial charge in [-0.25, -0.2) is 9.69 Å². The molecule has 33 heavy (non-hydrogen) atoms. The number of cyclic esters (lactones) is 1. The summed E-state index contributed by atoms with van der Waals surface area (Å²) >= 11 is 0. The van der Waals surface area contributed by atoms with E-state index in [1.165, 1.54) is 4.90 Å². The highest BCUT2D eigenvalue weighted by Gasteiger charge is 2.47. The van der Waals surface area contributed by atoms with Crippen LogP contribution in [0.15, 0.2) is 54.6 Å². The Hall–Kier alpha value is -2.18. The Labute approximate surface area is 201 Å². The maximum Gasteiger partial charge on any atom is 0.417 e. The SMILES string of the molecule is C/C=C/[C@H](C(=O)N1C(=O)OC[C@@H]1Cc1ccccc1)[C@@H](/C=C/C)O[Si](C)(C)C(C)(C)C(C)C. The molecule has 0 aliphatic carbocycles. The van der Waals surface area contributed by atoms with E-state index in [0.29, 0.717) is 12.3 Å². The van der Waals surface area contributed by atoms with E-state index < -0.39 is 26.4 Å². The lowest BCUT2D eigenvalue weighted by Crippen LogP contribution is -2.51. The fraction of sp³-hybridized carbons (Fsp3) is 0.556. The van der Waals surface area contributed by atoms with Crippen molar-refractivity contribution in [2.24, 2.45) is 11.8 Å². The van der Waals surface area contributed by atoms with Gasteiger partial charge in [-0.15, -0.1) is 0 Å². The minimum atomic E-state index is -2.24. The lowest BCUT2D eigenvalue weighted by molar-refractivity contribution is -0.133. The second kappa shape index (κ2) is 11.3. The lowest BCUT2D eigenvalue weighted by Gasteiger charge is -2.45. The van der Waals surface area contributed by atoms with Gasteiger partial charge < -0.3 is 9.16 Å². The molecule has 0 spiro atoms. The Bertz CT molecular complexity index is 860. The summed E-state index contributed by atoms with van der Waals surface area (Å²) < 4.78 is 12.1. The second-order valence-corrected chi connectivity index (χ2v) is 14.7. The van der Waals surface area contributed by atoms with Crippen LogP contribution in [0.2, 0.25) is 18.1 Å². The van der Waals surface area contributed by atoms with Crippen molar-refractivity contribution in [3.63, 3.8) is 0 Å². The number of benzene rings is 1. The summed E-state index contributed by atoms with van der Waals surface area (Å²) in [5, 5.41) is -0.00121. The molecule has 0 aromatic heterocycles. The number of hydrogen-bond donors (Lipinski definition) is 0. The van der Waals surface area contributed by atoms with Crippen molar-refractivity contribution >= 4 is 20.3 Å². The van der Waals surface area contributed by atoms with Gasteiger partial charge in [0.2, 0.25) is 5.91 Å². The number of nitrogens with zero attached hydrogens (tertiary/aromatic N) is 1. The van der Waals surface area contributed by atoms with Crippen molar-refractivity contribution in [1.82, 2.24) is 4.90 Å². The van der Waals surface area contributed by atoms with Crippen molar-refractivity contribution in [3.8, 4) is 0 Å². The fourth-order valence-electron chi connectivity index (χ4n) is 4.08. The number of rotatable bonds is 10. The van der Waals surface area contributed by atoms with E-state index in [0.717, 1.165) is 5.56 Å². The molecule has 1 aromatic carbocycles. The van der Waals surface area contributed by atoms with Gasteiger partial charge in [0.25, 0.3) is 0 Å². The molecule has 0 bridgehead atoms. The van der Waals surface area contributed by atoms with Crippen LogP contribution in [0.1, 0.15) is 47.1 Å². The number of hydrogen-bond acceptors (Lipinski definition) is 4. The first-order chi connectivity index (χ1) is 15.5. The third-order valence-electron chi connectivity index (χ3n) is 7.36. The van der Waals surface area contributed by atoms with E-state index in [1.54, 1.807) is 0 Å². The molecule has 2 amide bonds. The van der Waals surface area contributed by atoms with Gasteiger partial charge in [-0.1, -0.05) is 82.3 Å². The van der Waals surface area contributed by atoms with Crippen LogP contribution < -0.4 is 0 Å². The Morgan fingerprint density at radius 2 is 1.79 bits per heavy atom. The van der Waals surface area contributed by atoms with Crippen LogP contribution >= 0.6 is 0 Å². The summed E-state index contributed by atoms with van der Waals surface area (Å²) in [7, 11) is -2.24. The summed E-state index contributed by atoms with van der Waals surface area (Å²) in [6.45, 7) is 17.4. The smallest absolute Gasteiger partial charge is 0.417 e. The first kappa shape index (κ1) is 27.1. The van der Waals surface area contributed by atoms with Crippen molar-refractivity contribution < 1.29 is 18.8 Å². The molecule has 0 saturated carbocycles. The van der Waals surface area contributed by atoms with E-state index in [-0.39, 0.29) is 23.6 Å². The number of carbonyl (C=O) groups excluding carboxylic acids is 2. The van der Waals surface area contributed by atoms with Crippen LogP contribution in [0, 0.1) is 11.8 Å². The molecule has 0 unspecified atom stereocenters. The highest BCUT2D eigenvalue weighted by molar-refractivity contribution is 6.74. The maximum absolute atomic E-state index is 13.8. The number of imide groups is 1. The molecule has 1 heterocycles. The van der Waals surface area contributed by atoms with Crippen molar-refractivity contribution in [2.75, 3.05) is 6.61 Å². The van der Waals surface area contributed by atoms with Gasteiger partial charge >= 0.3 is 6.09 Å². The number of carbonyl (C=O) groups is 2. The molecule has 3 atom stereocenters. The third kappa shape index (κ3) is 6.24. The standard InChI is InChI=1S/C27H41NO4Si/c1-9-14-23(24(15-10-2)32-33(7,8)27(5,6)20(3)4)25(29)28-22(19-31-26(28)30)18-21-16-12-11-13-17-21/h9-17,20,22-24H,18-19H2,1-8H3/b14-9+,15-10+/t22-,23-,24+/m0/s1. The van der Waals surface area contributed by atoms with Gasteiger partial charge in [-0.2, -0.15) is 0 Å². The van der Waals surface area contributed by atoms with Gasteiger partial charge in [-0.05, 0) is 49.9 Å². The summed E-state index contributed by atoms with van der Waals surface area (Å²) in [5.41, 5.74) is 1.06. The van der Waals surface area contributed by atoms with Crippen molar-refractivity contribution in [2.45, 2.75) is 78.2 Å². The molecule has 1 aliphatic rings. The van der Waals surface area contributed by atoms with E-state index in [9.17, 15) is 9.59 Å². The molecule has 5 nitrogen and oxygen atoms in total. The Kier molecular flexibility index (Phi) is 9.26. The van der Waals surface area contributed by atoms with E-state index in [4.69, 9.17) is 9.16 Å². The normalized spacial score (nSPS) is 19.5. The number of ether oxygens (including phenoxy) is 1. The summed E-state index contributed by atoms with van der Waals surface area (Å²) in [5.74, 6) is -0.443. The molecular formula is C27H41NO4Si. The van der Waals surface area contributed by atoms with Gasteiger partial charge in [0.1, 0.15) is 6.61 Å². The Balaban J connectivity index is 2.36. The molecule has 1 aliphatic heterocycles. The largest absolute Gasteiger partial charge is 0.447 e. The van der Waals surface area contributed by atoms with Gasteiger partial charge in [0.15, 0.2) is 8.32 Å². The summed E-state index contributed by atoms with van der Waals surface area (Å²) in [4.78, 5) is 27.8. The highest BCUT2D eigenvalue weighted by atomic mass is 28.4. The number of amides is 2. The zero-order chi connectivity index (χ0) is 24.8. The highest BCUT2D eigenvalue weighted by Crippen LogP contribution is 2.45. The average Bonchev–Trinajstić information content (AvgIpc) is 3.11. The first-order valence-corrected chi connectivity index (χ1v) is 14.8. The first-order valence-electron chi connectivity index (χ1n) is 11.9. The van der Waals surface area contributed by atoms with Gasteiger partial charge in [-0.3, -0.25) is 4.79 Å². The van der Waals surface area contributed by atoms with Crippen LogP contribution in [0.4, 0.5) is 4.79 Å². The number of allylic oxidation sites excluding steroid dienone is 2. The molecular weight excluding hydrogens is 430 g/mol. The quantitative estimate of drug-likeness (QED) is 0.294. The molecule has 2 rings (SSSR count). The van der Waals surface area contributed by atoms with Crippen LogP contribution in [-0.2, 0) is 20.4 Å². The zero-order valence-corrected chi connectivity index (χ0v) is 22.5. The monoisotopic (exact) mass is 471 g/mol. The van der Waals surface area contributed by atoms with Crippen LogP contribution in [0.25, 0.3) is 0 Å². The molecule has 182 valence electrons. The van der Waals surface area contributed by atoms with Gasteiger partial charge in [0, 0.05) is 0 Å². The average molecular weight is 472 g/mol. The minimum absolute atomic E-state index is 0.00121. The summed E-state index contributed by atoms with van der Waals surface area (Å²) in [6, 6.07) is 9.55. The van der Waals surface area contributed by atoms with Crippen LogP contribution in [0.5, 0.6) is 0 Å². The second-order valence-electron chi connectivity index (χ2n) is 10.2. The minimum Gasteiger partial charge on any atom is -0.447 e. The van der Waals surface area contributed by atoms with E-state index in [1.807, 2.05) is 68.5 Å². The van der Waals surface area contributed by atoms with Crippen LogP contribution in [-0.4, -0.2) is 44.0 Å². The zero-order valence-electron chi connectivity index (χ0n) is 21.5. The molecule has 1 fully saturated rings. The predicted molar refractivity (Wildman–Crippen MR) is 136 cm³/mol. The predicted octanol–water partition coefficient (Wildman–Crippen LogP) is 6.37. The fourth-order valence-corrected chi connectivity index (χ4v) is 6.68. The third-order valence-corrected chi connectivity index (χ3v) is 11.9. The van der Waals surface area contributed by atoms with E-state index in [2.05, 4.69) is 40.8 Å². The van der Waals surface area contributed by atoms with Gasteiger partial charge in [0.05, 0.1) is 18.1 Å². The molecule has 6 heteroatoms. The van der Waals surface area contributed by atoms with Crippen molar-refractivity contribution in [3.05, 3.63) is 60.2 Å². The maximum atomic E-state index is 13.8. The van der Waals surface area contributed by atoms with E-state index >= 15 is 0 Å².